The zero-order chi connectivity index (χ0) is 25.0. The van der Waals surface area contributed by atoms with E-state index in [4.69, 9.17) is 10.5 Å². The minimum atomic E-state index is -1.22. The molecule has 1 fully saturated rings. The average Bonchev–Trinajstić information content (AvgIpc) is 3.39. The zero-order valence-corrected chi connectivity index (χ0v) is 19.7. The molecule has 2 aromatic rings. The fourth-order valence-corrected chi connectivity index (χ4v) is 4.14. The molecule has 0 unspecified atom stereocenters. The molecule has 34 heavy (non-hydrogen) atoms. The van der Waals surface area contributed by atoms with Crippen LogP contribution in [0.4, 0.5) is 0 Å². The van der Waals surface area contributed by atoms with Crippen LogP contribution < -0.4 is 11.1 Å². The predicted molar refractivity (Wildman–Crippen MR) is 125 cm³/mol. The number of H-pyrrole nitrogens is 1. The number of nitrogens with zero attached hydrogens (tertiary/aromatic N) is 1. The van der Waals surface area contributed by atoms with E-state index in [0.29, 0.717) is 19.4 Å². The number of hydrogen-bond donors (Lipinski definition) is 4. The zero-order valence-electron chi connectivity index (χ0n) is 19.7. The second-order valence-corrected chi connectivity index (χ2v) is 9.55. The maximum Gasteiger partial charge on any atom is 0.326 e. The summed E-state index contributed by atoms with van der Waals surface area (Å²) in [6.07, 6.45) is 2.47. The molecule has 2 amide bonds. The van der Waals surface area contributed by atoms with E-state index in [1.54, 1.807) is 27.0 Å². The number of fused-ring (bicyclic) bond motifs is 1. The highest BCUT2D eigenvalue weighted by molar-refractivity contribution is 5.94. The number of hydrogen-bond acceptors (Lipinski definition) is 6. The maximum atomic E-state index is 13.4. The molecule has 1 aliphatic heterocycles. The number of nitrogens with one attached hydrogen (secondary N) is 2. The van der Waals surface area contributed by atoms with E-state index in [0.717, 1.165) is 16.5 Å². The Morgan fingerprint density at radius 3 is 2.65 bits per heavy atom. The van der Waals surface area contributed by atoms with Gasteiger partial charge in [0.1, 0.15) is 17.7 Å². The van der Waals surface area contributed by atoms with Gasteiger partial charge in [0.25, 0.3) is 0 Å². The summed E-state index contributed by atoms with van der Waals surface area (Å²) in [7, 11) is 0. The third kappa shape index (κ3) is 6.13. The summed E-state index contributed by atoms with van der Waals surface area (Å²) < 4.78 is 5.22. The number of benzene rings is 1. The molecule has 3 rings (SSSR count). The highest BCUT2D eigenvalue weighted by atomic mass is 16.6. The first-order valence-electron chi connectivity index (χ1n) is 11.3. The van der Waals surface area contributed by atoms with E-state index in [1.165, 1.54) is 4.90 Å². The molecular weight excluding hydrogens is 440 g/mol. The molecule has 0 saturated carbocycles. The lowest BCUT2D eigenvalue weighted by Gasteiger charge is -2.28. The number of aliphatic carboxylic acids is 1. The van der Waals surface area contributed by atoms with Gasteiger partial charge in [-0.3, -0.25) is 14.4 Å². The molecule has 0 spiro atoms. The number of aromatic amines is 1. The van der Waals surface area contributed by atoms with Crippen molar-refractivity contribution in [1.82, 2.24) is 15.2 Å². The maximum absolute atomic E-state index is 13.4. The number of carbonyl (C=O) groups is 4. The summed E-state index contributed by atoms with van der Waals surface area (Å²) in [6.45, 7) is 5.42. The van der Waals surface area contributed by atoms with Crippen molar-refractivity contribution in [3.63, 3.8) is 0 Å². The molecule has 10 nitrogen and oxygen atoms in total. The Labute approximate surface area is 197 Å². The van der Waals surface area contributed by atoms with E-state index in [2.05, 4.69) is 10.3 Å². The summed E-state index contributed by atoms with van der Waals surface area (Å²) in [5.74, 6) is -2.88. The van der Waals surface area contributed by atoms with Crippen molar-refractivity contribution < 1.29 is 29.0 Å². The normalized spacial score (nSPS) is 17.9. The van der Waals surface area contributed by atoms with E-state index in [1.807, 2.05) is 24.3 Å². The van der Waals surface area contributed by atoms with Crippen LogP contribution in [0, 0.1) is 0 Å². The monoisotopic (exact) mass is 472 g/mol. The number of carboxylic acids is 1. The molecule has 5 N–H and O–H groups in total. The fraction of sp³-hybridized carbons (Fsp3) is 0.500. The number of carbonyl (C=O) groups excluding carboxylic acids is 3. The van der Waals surface area contributed by atoms with Crippen molar-refractivity contribution in [3.8, 4) is 0 Å². The molecular formula is C24H32N4O6. The largest absolute Gasteiger partial charge is 0.480 e. The summed E-state index contributed by atoms with van der Waals surface area (Å²) in [5.41, 5.74) is 6.89. The van der Waals surface area contributed by atoms with E-state index < -0.39 is 47.5 Å². The second-order valence-electron chi connectivity index (χ2n) is 9.55. The number of carboxylic acid groups (broad SMARTS) is 1. The molecule has 1 saturated heterocycles. The molecule has 1 aliphatic rings. The van der Waals surface area contributed by atoms with Crippen LogP contribution in [0.5, 0.6) is 0 Å². The SMILES string of the molecule is CC(C)(C)OC(=O)C[C@H](N)C(=O)N[C@@H](Cc1c[nH]c2ccccc12)C(=O)N1CCC[C@H]1C(=O)O. The van der Waals surface area contributed by atoms with Crippen LogP contribution in [0.2, 0.25) is 0 Å². The van der Waals surface area contributed by atoms with Crippen molar-refractivity contribution in [2.75, 3.05) is 6.54 Å². The lowest BCUT2D eigenvalue weighted by Crippen LogP contribution is -2.55. The Balaban J connectivity index is 1.79. The minimum Gasteiger partial charge on any atom is -0.480 e. The molecule has 0 bridgehead atoms. The van der Waals surface area contributed by atoms with Gasteiger partial charge in [0.15, 0.2) is 0 Å². The highest BCUT2D eigenvalue weighted by Gasteiger charge is 2.38. The molecule has 0 radical (unpaired) electrons. The first-order valence-corrected chi connectivity index (χ1v) is 11.3. The highest BCUT2D eigenvalue weighted by Crippen LogP contribution is 2.23. The molecule has 184 valence electrons. The molecule has 2 heterocycles. The number of para-hydroxylation sites is 1. The number of esters is 1. The van der Waals surface area contributed by atoms with Crippen molar-refractivity contribution in [1.29, 1.82) is 0 Å². The van der Waals surface area contributed by atoms with Crippen LogP contribution in [-0.4, -0.2) is 69.0 Å². The first kappa shape index (κ1) is 25.2. The third-order valence-electron chi connectivity index (χ3n) is 5.68. The number of rotatable bonds is 8. The summed E-state index contributed by atoms with van der Waals surface area (Å²) in [6, 6.07) is 4.33. The molecule has 10 heteroatoms. The standard InChI is InChI=1S/C24H32N4O6/c1-24(2,3)34-20(29)12-16(25)21(30)27-18(22(31)28-10-6-9-19(28)23(32)33)11-14-13-26-17-8-5-4-7-15(14)17/h4-5,7-8,13,16,18-19,26H,6,9-12,25H2,1-3H3,(H,27,30)(H,32,33)/t16-,18-,19-/m0/s1. The Morgan fingerprint density at radius 2 is 1.97 bits per heavy atom. The van der Waals surface area contributed by atoms with Crippen LogP contribution >= 0.6 is 0 Å². The molecule has 3 atom stereocenters. The van der Waals surface area contributed by atoms with Gasteiger partial charge in [0, 0.05) is 30.1 Å². The smallest absolute Gasteiger partial charge is 0.326 e. The van der Waals surface area contributed by atoms with E-state index >= 15 is 0 Å². The fourth-order valence-electron chi connectivity index (χ4n) is 4.14. The van der Waals surface area contributed by atoms with Gasteiger partial charge in [0.2, 0.25) is 11.8 Å². The quantitative estimate of drug-likeness (QED) is 0.423. The van der Waals surface area contributed by atoms with Crippen LogP contribution in [0.15, 0.2) is 30.5 Å². The van der Waals surface area contributed by atoms with E-state index in [9.17, 15) is 24.3 Å². The topological polar surface area (TPSA) is 155 Å². The summed E-state index contributed by atoms with van der Waals surface area (Å²) >= 11 is 0. The second kappa shape index (κ2) is 10.3. The molecule has 1 aromatic carbocycles. The minimum absolute atomic E-state index is 0.135. The summed E-state index contributed by atoms with van der Waals surface area (Å²) in [4.78, 5) is 54.4. The van der Waals surface area contributed by atoms with Crippen LogP contribution in [-0.2, 0) is 30.3 Å². The van der Waals surface area contributed by atoms with Crippen molar-refractivity contribution in [2.24, 2.45) is 5.73 Å². The number of likely N-dealkylation sites (tertiary alicyclic amines) is 1. The van der Waals surface area contributed by atoms with Gasteiger partial charge in [-0.15, -0.1) is 0 Å². The Bertz CT molecular complexity index is 1070. The van der Waals surface area contributed by atoms with Crippen LogP contribution in [0.3, 0.4) is 0 Å². The molecule has 1 aromatic heterocycles. The van der Waals surface area contributed by atoms with Crippen molar-refractivity contribution in [2.45, 2.75) is 70.2 Å². The van der Waals surface area contributed by atoms with E-state index in [-0.39, 0.29) is 12.8 Å². The Hall–Kier alpha value is -3.40. The molecule has 0 aliphatic carbocycles. The van der Waals surface area contributed by atoms with Gasteiger partial charge < -0.3 is 30.8 Å². The van der Waals surface area contributed by atoms with Gasteiger partial charge >= 0.3 is 11.9 Å². The Morgan fingerprint density at radius 1 is 1.26 bits per heavy atom. The summed E-state index contributed by atoms with van der Waals surface area (Å²) in [5, 5.41) is 13.1. The van der Waals surface area contributed by atoms with Gasteiger partial charge in [0.05, 0.1) is 12.5 Å². The lowest BCUT2D eigenvalue weighted by molar-refractivity contribution is -0.156. The number of aromatic nitrogens is 1. The van der Waals surface area contributed by atoms with Gasteiger partial charge in [-0.25, -0.2) is 4.79 Å². The average molecular weight is 473 g/mol. The number of ether oxygens (including phenoxy) is 1. The van der Waals surface area contributed by atoms with Crippen LogP contribution in [0.25, 0.3) is 10.9 Å². The van der Waals surface area contributed by atoms with Gasteiger partial charge in [-0.05, 0) is 45.2 Å². The predicted octanol–water partition coefficient (Wildman–Crippen LogP) is 1.33. The van der Waals surface area contributed by atoms with Gasteiger partial charge in [-0.1, -0.05) is 18.2 Å². The lowest BCUT2D eigenvalue weighted by atomic mass is 10.0. The number of nitrogens with two attached hydrogens (primary N) is 1. The Kier molecular flexibility index (Phi) is 7.61. The first-order chi connectivity index (χ1) is 16.0. The van der Waals surface area contributed by atoms with Crippen molar-refractivity contribution in [3.05, 3.63) is 36.0 Å². The van der Waals surface area contributed by atoms with Gasteiger partial charge in [-0.2, -0.15) is 0 Å². The van der Waals surface area contributed by atoms with Crippen molar-refractivity contribution >= 4 is 34.7 Å². The third-order valence-corrected chi connectivity index (χ3v) is 5.68. The number of amides is 2. The van der Waals surface area contributed by atoms with Crippen LogP contribution in [0.1, 0.15) is 45.6 Å².